The smallest absolute Gasteiger partial charge is 0.407 e. The Morgan fingerprint density at radius 1 is 1.35 bits per heavy atom. The first-order valence-corrected chi connectivity index (χ1v) is 11.2. The minimum atomic E-state index is -0.498. The van der Waals surface area contributed by atoms with Crippen LogP contribution in [0.4, 0.5) is 9.59 Å². The molecule has 0 aromatic carbocycles. The van der Waals surface area contributed by atoms with Gasteiger partial charge in [-0.2, -0.15) is 0 Å². The topological polar surface area (TPSA) is 121 Å². The van der Waals surface area contributed by atoms with Gasteiger partial charge >= 0.3 is 12.1 Å². The van der Waals surface area contributed by atoms with Gasteiger partial charge in [-0.15, -0.1) is 10.2 Å². The number of aromatic nitrogens is 2. The third-order valence-electron chi connectivity index (χ3n) is 6.58. The van der Waals surface area contributed by atoms with Crippen LogP contribution in [0, 0.1) is 5.41 Å². The number of rotatable bonds is 7. The van der Waals surface area contributed by atoms with Gasteiger partial charge < -0.3 is 19.4 Å². The highest BCUT2D eigenvalue weighted by Gasteiger charge is 2.63. The monoisotopic (exact) mass is 435 g/mol. The number of amides is 3. The number of alkyl carbamates (subject to hydrolysis) is 1. The Hall–Kier alpha value is -2.36. The average Bonchev–Trinajstić information content (AvgIpc) is 3.18. The Bertz CT molecular complexity index is 830. The molecular weight excluding hydrogens is 402 g/mol. The summed E-state index contributed by atoms with van der Waals surface area (Å²) >= 11 is 0. The lowest BCUT2D eigenvalue weighted by Crippen LogP contribution is -2.41. The van der Waals surface area contributed by atoms with Crippen molar-refractivity contribution in [2.24, 2.45) is 5.41 Å². The Labute approximate surface area is 182 Å². The maximum atomic E-state index is 12.4. The van der Waals surface area contributed by atoms with Gasteiger partial charge in [-0.05, 0) is 58.3 Å². The molecule has 3 fully saturated rings. The summed E-state index contributed by atoms with van der Waals surface area (Å²) in [4.78, 5) is 25.7. The van der Waals surface area contributed by atoms with Gasteiger partial charge in [-0.1, -0.05) is 13.3 Å². The summed E-state index contributed by atoms with van der Waals surface area (Å²) in [6, 6.07) is -0.759. The first-order valence-electron chi connectivity index (χ1n) is 11.2. The highest BCUT2D eigenvalue weighted by molar-refractivity contribution is 5.77. The Kier molecular flexibility index (Phi) is 5.61. The van der Waals surface area contributed by atoms with Crippen LogP contribution in [-0.2, 0) is 4.74 Å². The molecular formula is C21H33N5O5. The summed E-state index contributed by atoms with van der Waals surface area (Å²) in [6.07, 6.45) is 4.96. The number of carbonyl (C=O) groups excluding carboxylic acids is 2. The molecule has 3 atom stereocenters. The molecule has 1 aromatic heterocycles. The van der Waals surface area contributed by atoms with Gasteiger partial charge in [-0.3, -0.25) is 5.21 Å². The molecule has 1 saturated carbocycles. The molecule has 0 unspecified atom stereocenters. The van der Waals surface area contributed by atoms with Crippen LogP contribution < -0.4 is 5.32 Å². The van der Waals surface area contributed by atoms with Gasteiger partial charge in [0.2, 0.25) is 11.8 Å². The van der Waals surface area contributed by atoms with Crippen LogP contribution in [-0.4, -0.2) is 62.2 Å². The van der Waals surface area contributed by atoms with E-state index >= 15 is 0 Å². The van der Waals surface area contributed by atoms with Crippen LogP contribution in [0.1, 0.15) is 90.0 Å². The van der Waals surface area contributed by atoms with Gasteiger partial charge in [-0.25, -0.2) is 14.7 Å². The number of hydroxylamine groups is 2. The minimum absolute atomic E-state index is 0.0105. The molecule has 10 heteroatoms. The van der Waals surface area contributed by atoms with Crippen LogP contribution in [0.3, 0.4) is 0 Å². The molecule has 2 bridgehead atoms. The van der Waals surface area contributed by atoms with Crippen LogP contribution >= 0.6 is 0 Å². The van der Waals surface area contributed by atoms with Gasteiger partial charge in [0.05, 0.1) is 6.04 Å². The summed E-state index contributed by atoms with van der Waals surface area (Å²) in [6.45, 7) is 8.61. The molecule has 3 amide bonds. The second-order valence-corrected chi connectivity index (χ2v) is 10.2. The second-order valence-electron chi connectivity index (χ2n) is 10.2. The van der Waals surface area contributed by atoms with Crippen LogP contribution in [0.2, 0.25) is 0 Å². The fourth-order valence-corrected chi connectivity index (χ4v) is 4.65. The number of carbonyl (C=O) groups is 2. The SMILES string of the molecule is C[C@@H](CCCCNC(=O)OC(C)(C)C)c1nnc([C@@H]2CC3(CC3)[C@@H]3CN2C(=O)N3O)o1. The number of piperidine rings is 1. The number of nitrogens with one attached hydrogen (secondary N) is 1. The third kappa shape index (κ3) is 4.49. The maximum absolute atomic E-state index is 12.4. The lowest BCUT2D eigenvalue weighted by molar-refractivity contribution is -0.0783. The number of unbranched alkanes of at least 4 members (excludes halogenated alkanes) is 1. The van der Waals surface area contributed by atoms with E-state index in [9.17, 15) is 14.8 Å². The molecule has 1 aliphatic carbocycles. The van der Waals surface area contributed by atoms with E-state index in [1.807, 2.05) is 27.7 Å². The number of hydrogen-bond donors (Lipinski definition) is 2. The van der Waals surface area contributed by atoms with Crippen molar-refractivity contribution in [2.45, 2.75) is 89.8 Å². The molecule has 3 aliphatic rings. The largest absolute Gasteiger partial charge is 0.444 e. The molecule has 3 heterocycles. The van der Waals surface area contributed by atoms with Crippen molar-refractivity contribution in [3.63, 3.8) is 0 Å². The lowest BCUT2D eigenvalue weighted by Gasteiger charge is -2.34. The second kappa shape index (κ2) is 7.96. The molecule has 2 N–H and O–H groups in total. The van der Waals surface area contributed by atoms with Crippen LogP contribution in [0.15, 0.2) is 4.42 Å². The summed E-state index contributed by atoms with van der Waals surface area (Å²) in [5, 5.41) is 22.3. The average molecular weight is 436 g/mol. The zero-order valence-corrected chi connectivity index (χ0v) is 18.8. The van der Waals surface area contributed by atoms with Crippen molar-refractivity contribution in [1.82, 2.24) is 25.5 Å². The first-order chi connectivity index (χ1) is 14.6. The number of ether oxygens (including phenoxy) is 1. The Morgan fingerprint density at radius 2 is 2.10 bits per heavy atom. The molecule has 2 aliphatic heterocycles. The fraction of sp³-hybridized carbons (Fsp3) is 0.810. The quantitative estimate of drug-likeness (QED) is 0.496. The molecule has 1 spiro atoms. The van der Waals surface area contributed by atoms with E-state index in [0.717, 1.165) is 43.6 Å². The number of urea groups is 1. The van der Waals surface area contributed by atoms with Gasteiger partial charge in [0.15, 0.2) is 0 Å². The minimum Gasteiger partial charge on any atom is -0.444 e. The van der Waals surface area contributed by atoms with Crippen LogP contribution in [0.5, 0.6) is 0 Å². The first kappa shape index (κ1) is 21.9. The standard InChI is InChI=1S/C21H33N5O5/c1-13(7-5-6-10-22-18(27)31-20(2,3)4)16-23-24-17(30-16)14-11-21(8-9-21)15-12-25(14)19(28)26(15)29/h13-15,29H,5-12H2,1-4H3,(H,22,27)/t13-,14-,15-/m0/s1. The van der Waals surface area contributed by atoms with E-state index in [-0.39, 0.29) is 29.4 Å². The maximum Gasteiger partial charge on any atom is 0.407 e. The molecule has 0 radical (unpaired) electrons. The van der Waals surface area contributed by atoms with Crippen LogP contribution in [0.25, 0.3) is 0 Å². The summed E-state index contributed by atoms with van der Waals surface area (Å²) in [5.74, 6) is 1.11. The van der Waals surface area contributed by atoms with Crippen molar-refractivity contribution < 1.29 is 24.0 Å². The van der Waals surface area contributed by atoms with E-state index in [2.05, 4.69) is 15.5 Å². The number of hydrogen-bond acceptors (Lipinski definition) is 7. The Morgan fingerprint density at radius 3 is 2.77 bits per heavy atom. The van der Waals surface area contributed by atoms with Gasteiger partial charge in [0.1, 0.15) is 11.6 Å². The summed E-state index contributed by atoms with van der Waals surface area (Å²) in [7, 11) is 0. The van der Waals surface area contributed by atoms with E-state index in [4.69, 9.17) is 9.15 Å². The predicted molar refractivity (Wildman–Crippen MR) is 109 cm³/mol. The summed E-state index contributed by atoms with van der Waals surface area (Å²) < 4.78 is 11.2. The van der Waals surface area contributed by atoms with E-state index in [1.165, 1.54) is 0 Å². The highest BCUT2D eigenvalue weighted by Crippen LogP contribution is 2.61. The number of nitrogens with zero attached hydrogens (tertiary/aromatic N) is 4. The van der Waals surface area contributed by atoms with Gasteiger partial charge in [0, 0.05) is 19.0 Å². The third-order valence-corrected chi connectivity index (χ3v) is 6.58. The van der Waals surface area contributed by atoms with E-state index in [1.54, 1.807) is 4.90 Å². The van der Waals surface area contributed by atoms with Crippen molar-refractivity contribution in [3.8, 4) is 0 Å². The highest BCUT2D eigenvalue weighted by atomic mass is 16.6. The molecule has 2 saturated heterocycles. The fourth-order valence-electron chi connectivity index (χ4n) is 4.65. The molecule has 4 rings (SSSR count). The zero-order valence-electron chi connectivity index (χ0n) is 18.8. The van der Waals surface area contributed by atoms with Crippen molar-refractivity contribution in [3.05, 3.63) is 11.8 Å². The molecule has 1 aromatic rings. The van der Waals surface area contributed by atoms with Crippen molar-refractivity contribution in [1.29, 1.82) is 0 Å². The Balaban J connectivity index is 1.26. The normalized spacial score (nSPS) is 25.1. The lowest BCUT2D eigenvalue weighted by atomic mass is 9.85. The molecule has 172 valence electrons. The van der Waals surface area contributed by atoms with Crippen molar-refractivity contribution in [2.75, 3.05) is 13.1 Å². The van der Waals surface area contributed by atoms with E-state index < -0.39 is 11.7 Å². The zero-order chi connectivity index (χ0) is 22.4. The number of fused-ring (bicyclic) bond motifs is 3. The van der Waals surface area contributed by atoms with E-state index in [0.29, 0.717) is 24.9 Å². The predicted octanol–water partition coefficient (Wildman–Crippen LogP) is 3.59. The molecule has 10 nitrogen and oxygen atoms in total. The van der Waals surface area contributed by atoms with Crippen molar-refractivity contribution >= 4 is 12.1 Å². The summed E-state index contributed by atoms with van der Waals surface area (Å²) in [5.41, 5.74) is -0.509. The molecule has 31 heavy (non-hydrogen) atoms. The van der Waals surface area contributed by atoms with Gasteiger partial charge in [0.25, 0.3) is 0 Å².